The monoisotopic (exact) mass is 553 g/mol. The molecule has 13 heteroatoms. The van der Waals surface area contributed by atoms with E-state index >= 15 is 0 Å². The second kappa shape index (κ2) is 15.8. The van der Waals surface area contributed by atoms with Crippen LogP contribution in [0.5, 0.6) is 0 Å². The van der Waals surface area contributed by atoms with Crippen LogP contribution in [0, 0.1) is 13.8 Å². The van der Waals surface area contributed by atoms with Gasteiger partial charge in [-0.15, -0.1) is 0 Å². The van der Waals surface area contributed by atoms with Crippen LogP contribution < -0.4 is 10.6 Å². The number of carbonyl (C=O) groups is 5. The first-order chi connectivity index (χ1) is 18.3. The van der Waals surface area contributed by atoms with Crippen molar-refractivity contribution in [1.29, 1.82) is 0 Å². The van der Waals surface area contributed by atoms with Gasteiger partial charge in [-0.25, -0.2) is 0 Å². The van der Waals surface area contributed by atoms with Crippen LogP contribution in [-0.2, 0) is 35.0 Å². The normalized spacial score (nSPS) is 12.2. The highest BCUT2D eigenvalue weighted by Gasteiger charge is 2.29. The van der Waals surface area contributed by atoms with Crippen LogP contribution in [0.25, 0.3) is 0 Å². The Morgan fingerprint density at radius 1 is 1.03 bits per heavy atom. The van der Waals surface area contributed by atoms with E-state index in [9.17, 15) is 34.2 Å². The highest BCUT2D eigenvalue weighted by molar-refractivity contribution is 6.08. The van der Waals surface area contributed by atoms with Gasteiger partial charge in [-0.3, -0.25) is 24.0 Å². The first-order valence-corrected chi connectivity index (χ1v) is 12.4. The predicted molar refractivity (Wildman–Crippen MR) is 140 cm³/mol. The molecule has 4 N–H and O–H groups in total. The molecule has 1 rings (SSSR count). The molecule has 1 aromatic carbocycles. The van der Waals surface area contributed by atoms with Crippen molar-refractivity contribution in [2.45, 2.75) is 53.2 Å². The van der Waals surface area contributed by atoms with E-state index in [-0.39, 0.29) is 49.5 Å². The van der Waals surface area contributed by atoms with Gasteiger partial charge in [0.25, 0.3) is 11.8 Å². The van der Waals surface area contributed by atoms with E-state index in [0.717, 1.165) is 0 Å². The summed E-state index contributed by atoms with van der Waals surface area (Å²) in [7, 11) is 2.80. The summed E-state index contributed by atoms with van der Waals surface area (Å²) in [5.74, 6) is -2.86. The summed E-state index contributed by atoms with van der Waals surface area (Å²) in [6.07, 6.45) is -1.87. The van der Waals surface area contributed by atoms with Crippen molar-refractivity contribution in [1.82, 2.24) is 10.2 Å². The molecule has 0 aliphatic rings. The van der Waals surface area contributed by atoms with Gasteiger partial charge in [0, 0.05) is 51.4 Å². The molecule has 0 aliphatic heterocycles. The van der Waals surface area contributed by atoms with Crippen molar-refractivity contribution in [2.75, 3.05) is 52.4 Å². The third kappa shape index (κ3) is 9.61. The standard InChI is InChI=1S/C26H39N3O10/c1-8-20-22(25(35)27-9-19(39-17(5)32)12-38-16(4)31)14(2)24(28-21(34)13-37-7)15(3)23(20)26(36)29(6)10-18(33)11-30/h18-19,30,33H,8-13H2,1-7H3,(H,27,35)(H,28,34). The Hall–Kier alpha value is -3.55. The van der Waals surface area contributed by atoms with Gasteiger partial charge in [0.15, 0.2) is 6.10 Å². The topological polar surface area (TPSA) is 181 Å². The van der Waals surface area contributed by atoms with E-state index in [4.69, 9.17) is 14.2 Å². The Labute approximate surface area is 227 Å². The van der Waals surface area contributed by atoms with E-state index in [1.165, 1.54) is 32.9 Å². The Balaban J connectivity index is 3.61. The van der Waals surface area contributed by atoms with Crippen LogP contribution >= 0.6 is 0 Å². The molecule has 1 aromatic rings. The zero-order chi connectivity index (χ0) is 29.9. The van der Waals surface area contributed by atoms with Crippen molar-refractivity contribution in [3.63, 3.8) is 0 Å². The lowest BCUT2D eigenvalue weighted by Gasteiger charge is -2.27. The average molecular weight is 554 g/mol. The molecule has 0 aromatic heterocycles. The fourth-order valence-corrected chi connectivity index (χ4v) is 4.08. The van der Waals surface area contributed by atoms with E-state index in [0.29, 0.717) is 16.7 Å². The molecule has 0 heterocycles. The molecule has 3 amide bonds. The lowest BCUT2D eigenvalue weighted by atomic mass is 9.87. The van der Waals surface area contributed by atoms with Crippen LogP contribution in [0.15, 0.2) is 0 Å². The predicted octanol–water partition coefficient (Wildman–Crippen LogP) is 0.101. The number of nitrogens with zero attached hydrogens (tertiary/aromatic N) is 1. The van der Waals surface area contributed by atoms with Gasteiger partial charge in [-0.2, -0.15) is 0 Å². The van der Waals surface area contributed by atoms with E-state index in [1.54, 1.807) is 20.8 Å². The quantitative estimate of drug-likeness (QED) is 0.231. The van der Waals surface area contributed by atoms with Gasteiger partial charge in [-0.05, 0) is 37.0 Å². The highest BCUT2D eigenvalue weighted by atomic mass is 16.6. The van der Waals surface area contributed by atoms with Gasteiger partial charge in [0.1, 0.15) is 13.2 Å². The number of methoxy groups -OCH3 is 1. The molecular formula is C26H39N3O10. The van der Waals surface area contributed by atoms with Crippen molar-refractivity contribution in [3.05, 3.63) is 27.8 Å². The number of hydrogen-bond donors (Lipinski definition) is 4. The maximum atomic E-state index is 13.5. The maximum Gasteiger partial charge on any atom is 0.303 e. The van der Waals surface area contributed by atoms with Crippen molar-refractivity contribution in [3.8, 4) is 0 Å². The Morgan fingerprint density at radius 3 is 2.15 bits per heavy atom. The van der Waals surface area contributed by atoms with Crippen LogP contribution in [0.2, 0.25) is 0 Å². The molecule has 0 saturated carbocycles. The molecule has 2 atom stereocenters. The average Bonchev–Trinajstić information content (AvgIpc) is 2.86. The fourth-order valence-electron chi connectivity index (χ4n) is 4.08. The number of amides is 3. The molecule has 218 valence electrons. The Bertz CT molecular complexity index is 1070. The summed E-state index contributed by atoms with van der Waals surface area (Å²) in [4.78, 5) is 63.4. The lowest BCUT2D eigenvalue weighted by Crippen LogP contribution is -2.39. The van der Waals surface area contributed by atoms with Gasteiger partial charge >= 0.3 is 11.9 Å². The molecule has 39 heavy (non-hydrogen) atoms. The van der Waals surface area contributed by atoms with Crippen LogP contribution in [0.3, 0.4) is 0 Å². The number of nitrogens with one attached hydrogen (secondary N) is 2. The number of benzene rings is 1. The maximum absolute atomic E-state index is 13.5. The molecule has 0 saturated heterocycles. The SMILES string of the molecule is CCc1c(C(=O)NCC(COC(C)=O)OC(C)=O)c(C)c(NC(=O)COC)c(C)c1C(=O)N(C)CC(O)CO. The molecule has 0 radical (unpaired) electrons. The van der Waals surface area contributed by atoms with Crippen molar-refractivity contribution < 1.29 is 48.4 Å². The van der Waals surface area contributed by atoms with Crippen LogP contribution in [0.4, 0.5) is 5.69 Å². The molecule has 2 unspecified atom stereocenters. The number of hydrogen-bond acceptors (Lipinski definition) is 10. The fraction of sp³-hybridized carbons (Fsp3) is 0.577. The van der Waals surface area contributed by atoms with E-state index < -0.39 is 48.5 Å². The molecule has 13 nitrogen and oxygen atoms in total. The summed E-state index contributed by atoms with van der Waals surface area (Å²) in [6.45, 7) is 5.95. The molecule has 0 aliphatic carbocycles. The largest absolute Gasteiger partial charge is 0.462 e. The Morgan fingerprint density at radius 2 is 1.64 bits per heavy atom. The summed E-state index contributed by atoms with van der Waals surface area (Å²) in [5, 5.41) is 24.4. The zero-order valence-electron chi connectivity index (χ0n) is 23.5. The Kier molecular flexibility index (Phi) is 13.5. The minimum atomic E-state index is -1.17. The number of aliphatic hydroxyl groups is 2. The van der Waals surface area contributed by atoms with Gasteiger partial charge < -0.3 is 40.0 Å². The second-order valence-electron chi connectivity index (χ2n) is 8.95. The zero-order valence-corrected chi connectivity index (χ0v) is 23.5. The number of esters is 2. The lowest BCUT2D eigenvalue weighted by molar-refractivity contribution is -0.155. The van der Waals surface area contributed by atoms with Gasteiger partial charge in [-0.1, -0.05) is 6.92 Å². The van der Waals surface area contributed by atoms with E-state index in [2.05, 4.69) is 10.6 Å². The van der Waals surface area contributed by atoms with Crippen molar-refractivity contribution in [2.24, 2.45) is 0 Å². The van der Waals surface area contributed by atoms with Crippen LogP contribution in [-0.4, -0.2) is 104 Å². The number of anilines is 1. The molecule has 0 fully saturated rings. The smallest absolute Gasteiger partial charge is 0.303 e. The first-order valence-electron chi connectivity index (χ1n) is 12.4. The third-order valence-electron chi connectivity index (χ3n) is 5.78. The van der Waals surface area contributed by atoms with Gasteiger partial charge in [0.2, 0.25) is 5.91 Å². The minimum absolute atomic E-state index is 0.129. The minimum Gasteiger partial charge on any atom is -0.462 e. The third-order valence-corrected chi connectivity index (χ3v) is 5.78. The number of carbonyl (C=O) groups excluding carboxylic acids is 5. The summed E-state index contributed by atoms with van der Waals surface area (Å²) < 4.78 is 14.9. The number of aliphatic hydroxyl groups excluding tert-OH is 2. The van der Waals surface area contributed by atoms with Gasteiger partial charge in [0.05, 0.1) is 19.3 Å². The highest BCUT2D eigenvalue weighted by Crippen LogP contribution is 2.33. The van der Waals surface area contributed by atoms with E-state index in [1.807, 2.05) is 0 Å². The van der Waals surface area contributed by atoms with Crippen LogP contribution in [0.1, 0.15) is 58.2 Å². The second-order valence-corrected chi connectivity index (χ2v) is 8.95. The number of ether oxygens (including phenoxy) is 3. The number of rotatable bonds is 14. The molecular weight excluding hydrogens is 514 g/mol. The molecule has 0 bridgehead atoms. The first kappa shape index (κ1) is 33.5. The number of likely N-dealkylation sites (N-methyl/N-ethyl adjacent to an activating group) is 1. The van der Waals surface area contributed by atoms with Crippen molar-refractivity contribution >= 4 is 35.3 Å². The molecule has 0 spiro atoms. The summed E-state index contributed by atoms with van der Waals surface area (Å²) >= 11 is 0. The summed E-state index contributed by atoms with van der Waals surface area (Å²) in [6, 6.07) is 0. The summed E-state index contributed by atoms with van der Waals surface area (Å²) in [5.41, 5.74) is 1.73.